The molecule has 10 aliphatic heterocycles. The van der Waals surface area contributed by atoms with Crippen LogP contribution in [0.3, 0.4) is 0 Å². The van der Waals surface area contributed by atoms with Crippen molar-refractivity contribution < 1.29 is 11.3 Å². The summed E-state index contributed by atoms with van der Waals surface area (Å²) >= 11 is 0. The first kappa shape index (κ1) is 8.31. The molecule has 5 atom stereocenters. The summed E-state index contributed by atoms with van der Waals surface area (Å²) in [7, 11) is 0. The van der Waals surface area contributed by atoms with Gasteiger partial charge in [0.1, 0.15) is 0 Å². The number of hydrogen-bond acceptors (Lipinski definition) is 1. The summed E-state index contributed by atoms with van der Waals surface area (Å²) in [4.78, 5) is 25.1. The summed E-state index contributed by atoms with van der Waals surface area (Å²) in [5.74, 6) is 0.914. The number of carbonyl (C=O) groups excluding carboxylic acids is 1. The Morgan fingerprint density at radius 3 is 1.86 bits per heavy atom. The molecule has 10 heterocycles. The van der Waals surface area contributed by atoms with Gasteiger partial charge >= 0.3 is 113 Å². The van der Waals surface area contributed by atoms with E-state index in [0.717, 1.165) is 9.88 Å². The number of rotatable bonds is 3. The van der Waals surface area contributed by atoms with Crippen LogP contribution < -0.4 is 0 Å². The molecule has 0 radical (unpaired) electrons. The molecule has 0 bridgehead atoms. The molecule has 11 rings (SSSR count). The number of Topliss-reactive ketones (excluding diaryl/α,β-unsaturated/α-hetero) is 1. The van der Waals surface area contributed by atoms with Gasteiger partial charge in [-0.2, -0.15) is 0 Å². The van der Waals surface area contributed by atoms with Gasteiger partial charge in [-0.15, -0.1) is 0 Å². The van der Waals surface area contributed by atoms with Crippen LogP contribution in [0.5, 0.6) is 0 Å². The van der Waals surface area contributed by atoms with Gasteiger partial charge in [-0.05, 0) is 0 Å². The molecule has 21 heavy (non-hydrogen) atoms. The Hall–Kier alpha value is -0.591. The van der Waals surface area contributed by atoms with Crippen molar-refractivity contribution in [1.82, 2.24) is 0 Å². The first-order chi connectivity index (χ1) is 9.97. The number of ketones is 1. The first-order valence-corrected chi connectivity index (χ1v) is 15.1. The summed E-state index contributed by atoms with van der Waals surface area (Å²) in [5.41, 5.74) is 1.00. The number of hydrogen-bond donors (Lipinski definition) is 0. The molecule has 0 aromatic heterocycles. The van der Waals surface area contributed by atoms with Crippen LogP contribution in [0.1, 0.15) is 17.3 Å². The molecule has 0 amide bonds. The van der Waals surface area contributed by atoms with E-state index in [0.29, 0.717) is 11.7 Å². The molecular weight excluding hydrogens is 300 g/mol. The van der Waals surface area contributed by atoms with Crippen molar-refractivity contribution in [3.63, 3.8) is 0 Å². The normalized spacial score (nSPS) is 100.0. The van der Waals surface area contributed by atoms with Crippen molar-refractivity contribution in [2.24, 2.45) is 5.92 Å². The van der Waals surface area contributed by atoms with Crippen LogP contribution in [0.15, 0.2) is 30.3 Å². The van der Waals surface area contributed by atoms with E-state index in [4.69, 9.17) is 0 Å². The van der Waals surface area contributed by atoms with E-state index in [1.165, 1.54) is 43.3 Å². The van der Waals surface area contributed by atoms with Crippen molar-refractivity contribution in [3.05, 3.63) is 35.9 Å². The van der Waals surface area contributed by atoms with Crippen molar-refractivity contribution in [1.29, 1.82) is 0 Å². The molecule has 1 aromatic carbocycles. The van der Waals surface area contributed by atoms with Gasteiger partial charge in [0.15, 0.2) is 0 Å². The Balaban J connectivity index is 1.29. The second-order valence-electron chi connectivity index (χ2n) is 12.2. The van der Waals surface area contributed by atoms with Crippen LogP contribution >= 0.6 is 0 Å². The van der Waals surface area contributed by atoms with Gasteiger partial charge in [-0.25, -0.2) is 0 Å². The minimum absolute atomic E-state index is 0.397. The van der Waals surface area contributed by atoms with Crippen molar-refractivity contribution in [2.75, 3.05) is 0 Å². The summed E-state index contributed by atoms with van der Waals surface area (Å²) in [5, 5.41) is 0. The van der Waals surface area contributed by atoms with E-state index in [2.05, 4.69) is 19.1 Å². The number of carbonyl (C=O) groups is 1. The molecule has 0 saturated carbocycles. The molecule has 108 valence electrons. The van der Waals surface area contributed by atoms with E-state index in [1.54, 1.807) is 0 Å². The monoisotopic (exact) mass is 318 g/mol. The van der Waals surface area contributed by atoms with Crippen molar-refractivity contribution >= 4 is 5.78 Å². The Bertz CT molecular complexity index is 1170. The molecular formula is C19H18FeO. The molecule has 0 N–H and O–H groups in total. The molecule has 10 aliphatic rings. The van der Waals surface area contributed by atoms with Gasteiger partial charge in [0.05, 0.1) is 0 Å². The van der Waals surface area contributed by atoms with Crippen LogP contribution in [-0.4, -0.2) is 5.78 Å². The standard InChI is InChI=1S/C14H13O.C5H5.Fe/c1-11(12-7-5-6-8-12)14(15)13-9-3-2-4-10-13;1-2-4-5-3-1;/h2-11H,1H3;1-5H;. The molecule has 10 fully saturated rings. The second kappa shape index (κ2) is 0.787. The van der Waals surface area contributed by atoms with E-state index >= 15 is 0 Å². The third-order valence-corrected chi connectivity index (χ3v) is 59.7. The van der Waals surface area contributed by atoms with Gasteiger partial charge in [0.25, 0.3) is 0 Å². The van der Waals surface area contributed by atoms with Crippen molar-refractivity contribution in [3.8, 4) is 0 Å². The fourth-order valence-corrected chi connectivity index (χ4v) is 94.4. The Kier molecular flexibility index (Phi) is 0.312. The van der Waals surface area contributed by atoms with E-state index < -0.39 is 6.51 Å². The van der Waals surface area contributed by atoms with Gasteiger partial charge in [-0.1, -0.05) is 0 Å². The van der Waals surface area contributed by atoms with Gasteiger partial charge < -0.3 is 0 Å². The van der Waals surface area contributed by atoms with Crippen LogP contribution in [0.4, 0.5) is 0 Å². The SMILES string of the molecule is CC(C(=O)c1ccccc1)[C]12[CH]3[CH]4[CH]5[CH]1[Fe]45321678[CH]2[CH]1[CH]6[CH]7[CH]28. The summed E-state index contributed by atoms with van der Waals surface area (Å²) in [6, 6.07) is 10.2. The Morgan fingerprint density at radius 2 is 1.48 bits per heavy atom. The van der Waals surface area contributed by atoms with E-state index in [-0.39, 0.29) is 0 Å². The third-order valence-electron chi connectivity index (χ3n) is 16.9. The summed E-state index contributed by atoms with van der Waals surface area (Å²) in [6.07, 6.45) is 0. The molecule has 2 heteroatoms. The molecule has 1 aromatic rings. The number of fused-ring (bicyclic) bond motifs is 10. The maximum atomic E-state index is 13.2. The van der Waals surface area contributed by atoms with Crippen LogP contribution in [0.25, 0.3) is 0 Å². The average molecular weight is 318 g/mol. The van der Waals surface area contributed by atoms with Crippen LogP contribution in [-0.2, 0) is 6.51 Å². The zero-order valence-electron chi connectivity index (χ0n) is 11.9. The van der Waals surface area contributed by atoms with Crippen molar-refractivity contribution in [2.45, 2.75) is 54.6 Å². The second-order valence-corrected chi connectivity index (χ2v) is 35.8. The molecule has 1 nitrogen and oxygen atoms in total. The summed E-state index contributed by atoms with van der Waals surface area (Å²) < 4.78 is 0.728. The average Bonchev–Trinajstić information content (AvgIpc) is 3.47. The fourth-order valence-electron chi connectivity index (χ4n) is 18.6. The van der Waals surface area contributed by atoms with E-state index in [1.807, 2.05) is 18.2 Å². The Morgan fingerprint density at radius 1 is 0.952 bits per heavy atom. The maximum absolute atomic E-state index is 13.2. The molecule has 10 saturated heterocycles. The first-order valence-electron chi connectivity index (χ1n) is 8.78. The van der Waals surface area contributed by atoms with Gasteiger partial charge in [0.2, 0.25) is 0 Å². The quantitative estimate of drug-likeness (QED) is 0.548. The topological polar surface area (TPSA) is 17.1 Å². The number of benzene rings is 1. The predicted octanol–water partition coefficient (Wildman–Crippen LogP) is 5.26. The van der Waals surface area contributed by atoms with E-state index in [9.17, 15) is 4.79 Å². The Labute approximate surface area is 113 Å². The summed E-state index contributed by atoms with van der Waals surface area (Å²) in [6.45, 7) is -0.710. The van der Waals surface area contributed by atoms with Crippen LogP contribution in [0, 0.1) is 5.92 Å². The van der Waals surface area contributed by atoms with Gasteiger partial charge in [-0.3, -0.25) is 0 Å². The third kappa shape index (κ3) is 0.107. The van der Waals surface area contributed by atoms with Crippen LogP contribution in [0.2, 0.25) is 47.7 Å². The molecule has 0 aliphatic carbocycles. The van der Waals surface area contributed by atoms with Gasteiger partial charge in [0, 0.05) is 0 Å². The fraction of sp³-hybridized carbons (Fsp3) is 0.632. The zero-order chi connectivity index (χ0) is 13.3. The zero-order valence-corrected chi connectivity index (χ0v) is 13.0. The molecule has 1 spiro atoms. The molecule has 5 unspecified atom stereocenters. The predicted molar refractivity (Wildman–Crippen MR) is 76.4 cm³/mol. The minimum atomic E-state index is -3.08.